The van der Waals surface area contributed by atoms with Gasteiger partial charge < -0.3 is 15.5 Å². The van der Waals surface area contributed by atoms with Gasteiger partial charge in [-0.1, -0.05) is 0 Å². The van der Waals surface area contributed by atoms with Crippen LogP contribution in [0.25, 0.3) is 0 Å². The minimum Gasteiger partial charge on any atom is -0.352 e. The molecule has 90 valence electrons. The molecule has 0 aromatic carbocycles. The van der Waals surface area contributed by atoms with Gasteiger partial charge in [-0.15, -0.1) is 0 Å². The van der Waals surface area contributed by atoms with Crippen LogP contribution in [0, 0.1) is 11.3 Å². The van der Waals surface area contributed by atoms with Gasteiger partial charge in [-0.3, -0.25) is 0 Å². The molecule has 7 heteroatoms. The second kappa shape index (κ2) is 6.27. The smallest absolute Gasteiger partial charge is 0.316 e. The van der Waals surface area contributed by atoms with Crippen LogP contribution in [-0.4, -0.2) is 48.1 Å². The maximum atomic E-state index is 11.2. The number of amides is 2. The highest BCUT2D eigenvalue weighted by Crippen LogP contribution is 1.97. The molecule has 0 bridgehead atoms. The number of hydrogen-bond donors (Lipinski definition) is 2. The van der Waals surface area contributed by atoms with E-state index in [0.29, 0.717) is 24.7 Å². The molecule has 0 saturated heterocycles. The number of nitriles is 1. The molecule has 0 saturated carbocycles. The summed E-state index contributed by atoms with van der Waals surface area (Å²) in [6, 6.07) is 3.30. The highest BCUT2D eigenvalue weighted by molar-refractivity contribution is 5.73. The second-order valence-electron chi connectivity index (χ2n) is 3.43. The lowest BCUT2D eigenvalue weighted by Crippen LogP contribution is -2.37. The summed E-state index contributed by atoms with van der Waals surface area (Å²) in [5.41, 5.74) is 0.305. The molecule has 2 amide bonds. The van der Waals surface area contributed by atoms with E-state index in [1.54, 1.807) is 14.1 Å². The summed E-state index contributed by atoms with van der Waals surface area (Å²) in [6.45, 7) is 0.950. The lowest BCUT2D eigenvalue weighted by Gasteiger charge is -2.12. The van der Waals surface area contributed by atoms with Crippen LogP contribution in [-0.2, 0) is 0 Å². The number of urea groups is 1. The van der Waals surface area contributed by atoms with Crippen LogP contribution in [0.4, 0.5) is 10.7 Å². The number of anilines is 1. The average Bonchev–Trinajstić information content (AvgIpc) is 2.34. The molecule has 1 aromatic rings. The highest BCUT2D eigenvalue weighted by atomic mass is 16.2. The summed E-state index contributed by atoms with van der Waals surface area (Å²) >= 11 is 0. The molecule has 0 fully saturated rings. The maximum Gasteiger partial charge on any atom is 0.316 e. The van der Waals surface area contributed by atoms with Crippen molar-refractivity contribution in [3.8, 4) is 6.07 Å². The minimum atomic E-state index is -0.154. The van der Waals surface area contributed by atoms with Crippen molar-refractivity contribution in [2.45, 2.75) is 0 Å². The summed E-state index contributed by atoms with van der Waals surface area (Å²) in [5, 5.41) is 14.2. The fourth-order valence-electron chi connectivity index (χ4n) is 1.01. The predicted octanol–water partition coefficient (Wildman–Crippen LogP) is 0.0314. The first-order valence-electron chi connectivity index (χ1n) is 5.05. The van der Waals surface area contributed by atoms with E-state index in [0.717, 1.165) is 0 Å². The molecular weight excluding hydrogens is 220 g/mol. The standard InChI is InChI=1S/C10H14N6O/c1-16(2)10(17)14-6-5-13-9-12-4-3-8(7-11)15-9/h3-4H,5-6H2,1-2H3,(H,14,17)(H,12,13,15). The predicted molar refractivity (Wildman–Crippen MR) is 62.3 cm³/mol. The molecule has 1 aromatic heterocycles. The van der Waals surface area contributed by atoms with Crippen LogP contribution in [0.3, 0.4) is 0 Å². The van der Waals surface area contributed by atoms with E-state index >= 15 is 0 Å². The molecule has 0 unspecified atom stereocenters. The summed E-state index contributed by atoms with van der Waals surface area (Å²) in [4.78, 5) is 20.5. The van der Waals surface area contributed by atoms with Gasteiger partial charge >= 0.3 is 6.03 Å². The third kappa shape index (κ3) is 4.34. The number of nitrogens with zero attached hydrogens (tertiary/aromatic N) is 4. The van der Waals surface area contributed by atoms with Crippen molar-refractivity contribution in [3.05, 3.63) is 18.0 Å². The van der Waals surface area contributed by atoms with Gasteiger partial charge in [0, 0.05) is 33.4 Å². The number of rotatable bonds is 4. The van der Waals surface area contributed by atoms with Crippen LogP contribution in [0.5, 0.6) is 0 Å². The van der Waals surface area contributed by atoms with Crippen LogP contribution in [0.15, 0.2) is 12.3 Å². The number of hydrogen-bond acceptors (Lipinski definition) is 5. The third-order valence-electron chi connectivity index (χ3n) is 1.86. The van der Waals surface area contributed by atoms with Gasteiger partial charge in [-0.05, 0) is 6.07 Å². The fourth-order valence-corrected chi connectivity index (χ4v) is 1.01. The Morgan fingerprint density at radius 2 is 2.29 bits per heavy atom. The summed E-state index contributed by atoms with van der Waals surface area (Å²) in [6.07, 6.45) is 1.51. The summed E-state index contributed by atoms with van der Waals surface area (Å²) in [7, 11) is 3.34. The third-order valence-corrected chi connectivity index (χ3v) is 1.86. The van der Waals surface area contributed by atoms with Crippen LogP contribution >= 0.6 is 0 Å². The fraction of sp³-hybridized carbons (Fsp3) is 0.400. The summed E-state index contributed by atoms with van der Waals surface area (Å²) in [5.74, 6) is 0.378. The second-order valence-corrected chi connectivity index (χ2v) is 3.43. The van der Waals surface area contributed by atoms with Gasteiger partial charge in [0.15, 0.2) is 0 Å². The van der Waals surface area contributed by atoms with E-state index < -0.39 is 0 Å². The SMILES string of the molecule is CN(C)C(=O)NCCNc1nccc(C#N)n1. The first-order valence-corrected chi connectivity index (χ1v) is 5.05. The first kappa shape index (κ1) is 12.7. The van der Waals surface area contributed by atoms with Gasteiger partial charge in [-0.2, -0.15) is 5.26 Å². The van der Waals surface area contributed by atoms with E-state index in [2.05, 4.69) is 20.6 Å². The number of carbonyl (C=O) groups excluding carboxylic acids is 1. The van der Waals surface area contributed by atoms with Gasteiger partial charge in [0.2, 0.25) is 5.95 Å². The van der Waals surface area contributed by atoms with Crippen molar-refractivity contribution in [1.29, 1.82) is 5.26 Å². The topological polar surface area (TPSA) is 93.9 Å². The Morgan fingerprint density at radius 3 is 2.94 bits per heavy atom. The van der Waals surface area contributed by atoms with E-state index in [9.17, 15) is 4.79 Å². The van der Waals surface area contributed by atoms with Gasteiger partial charge in [0.25, 0.3) is 0 Å². The van der Waals surface area contributed by atoms with Crippen molar-refractivity contribution < 1.29 is 4.79 Å². The molecule has 1 heterocycles. The number of nitrogens with one attached hydrogen (secondary N) is 2. The number of aromatic nitrogens is 2. The van der Waals surface area contributed by atoms with Gasteiger partial charge in [0.05, 0.1) is 0 Å². The molecule has 2 N–H and O–H groups in total. The zero-order valence-electron chi connectivity index (χ0n) is 9.77. The molecule has 1 rings (SSSR count). The molecule has 17 heavy (non-hydrogen) atoms. The van der Waals surface area contributed by atoms with Crippen molar-refractivity contribution >= 4 is 12.0 Å². The van der Waals surface area contributed by atoms with Crippen LogP contribution in [0.1, 0.15) is 5.69 Å². The van der Waals surface area contributed by atoms with E-state index in [1.807, 2.05) is 6.07 Å². The Labute approximate surface area is 99.5 Å². The molecule has 0 atom stereocenters. The van der Waals surface area contributed by atoms with Crippen LogP contribution < -0.4 is 10.6 Å². The molecule has 0 aliphatic carbocycles. The molecule has 0 aliphatic heterocycles. The molecule has 0 spiro atoms. The van der Waals surface area contributed by atoms with E-state index in [1.165, 1.54) is 17.2 Å². The molecule has 0 radical (unpaired) electrons. The van der Waals surface area contributed by atoms with Crippen molar-refractivity contribution in [1.82, 2.24) is 20.2 Å². The zero-order valence-corrected chi connectivity index (χ0v) is 9.77. The summed E-state index contributed by atoms with van der Waals surface area (Å²) < 4.78 is 0. The largest absolute Gasteiger partial charge is 0.352 e. The normalized spacial score (nSPS) is 9.24. The van der Waals surface area contributed by atoms with E-state index in [-0.39, 0.29) is 6.03 Å². The monoisotopic (exact) mass is 234 g/mol. The quantitative estimate of drug-likeness (QED) is 0.717. The van der Waals surface area contributed by atoms with Crippen molar-refractivity contribution in [3.63, 3.8) is 0 Å². The Hall–Kier alpha value is -2.36. The Kier molecular flexibility index (Phi) is 4.69. The van der Waals surface area contributed by atoms with Gasteiger partial charge in [-0.25, -0.2) is 14.8 Å². The average molecular weight is 234 g/mol. The van der Waals surface area contributed by atoms with Crippen LogP contribution in [0.2, 0.25) is 0 Å². The Bertz CT molecular complexity index is 425. The maximum absolute atomic E-state index is 11.2. The van der Waals surface area contributed by atoms with E-state index in [4.69, 9.17) is 5.26 Å². The number of carbonyl (C=O) groups is 1. The Morgan fingerprint density at radius 1 is 1.53 bits per heavy atom. The highest BCUT2D eigenvalue weighted by Gasteiger charge is 2.01. The van der Waals surface area contributed by atoms with Crippen molar-refractivity contribution in [2.75, 3.05) is 32.5 Å². The first-order chi connectivity index (χ1) is 8.13. The lowest BCUT2D eigenvalue weighted by molar-refractivity contribution is 0.218. The van der Waals surface area contributed by atoms with Gasteiger partial charge in [0.1, 0.15) is 11.8 Å². The lowest BCUT2D eigenvalue weighted by atomic mass is 10.4. The Balaban J connectivity index is 2.31. The molecular formula is C10H14N6O. The zero-order chi connectivity index (χ0) is 12.7. The van der Waals surface area contributed by atoms with Crippen molar-refractivity contribution in [2.24, 2.45) is 0 Å². The molecule has 0 aliphatic rings. The molecule has 7 nitrogen and oxygen atoms in total. The minimum absolute atomic E-state index is 0.154.